The van der Waals surface area contributed by atoms with Crippen LogP contribution in [0, 0.1) is 5.92 Å². The molecule has 1 aliphatic rings. The fourth-order valence-electron chi connectivity index (χ4n) is 2.13. The Hall–Kier alpha value is -0.670. The van der Waals surface area contributed by atoms with E-state index in [-0.39, 0.29) is 0 Å². The maximum Gasteiger partial charge on any atom is 0.119 e. The lowest BCUT2D eigenvalue weighted by Gasteiger charge is -2.18. The third kappa shape index (κ3) is 2.92. The Bertz CT molecular complexity index is 336. The Morgan fingerprint density at radius 3 is 3.12 bits per heavy atom. The molecule has 3 heteroatoms. The predicted molar refractivity (Wildman–Crippen MR) is 70.1 cm³/mol. The highest BCUT2D eigenvalue weighted by molar-refractivity contribution is 7.99. The summed E-state index contributed by atoms with van der Waals surface area (Å²) < 4.78 is 5.22. The van der Waals surface area contributed by atoms with Crippen molar-refractivity contribution in [3.63, 3.8) is 0 Å². The maximum atomic E-state index is 6.25. The second-order valence-electron chi connectivity index (χ2n) is 4.34. The van der Waals surface area contributed by atoms with Gasteiger partial charge in [0.15, 0.2) is 0 Å². The van der Waals surface area contributed by atoms with Gasteiger partial charge in [0.25, 0.3) is 0 Å². The molecular weight excluding hydrogens is 218 g/mol. The lowest BCUT2D eigenvalue weighted by Crippen LogP contribution is -2.32. The van der Waals surface area contributed by atoms with Crippen LogP contribution in [0.15, 0.2) is 24.3 Å². The van der Waals surface area contributed by atoms with E-state index in [1.807, 2.05) is 23.9 Å². The number of thioether (sulfide) groups is 1. The van der Waals surface area contributed by atoms with Crippen LogP contribution >= 0.6 is 11.8 Å². The van der Waals surface area contributed by atoms with Gasteiger partial charge >= 0.3 is 0 Å². The van der Waals surface area contributed by atoms with E-state index >= 15 is 0 Å². The number of rotatable bonds is 4. The Balaban J connectivity index is 1.96. The number of nitrogens with two attached hydrogens (primary N) is 1. The van der Waals surface area contributed by atoms with E-state index in [1.54, 1.807) is 7.11 Å². The van der Waals surface area contributed by atoms with Crippen LogP contribution in [-0.2, 0) is 6.42 Å². The van der Waals surface area contributed by atoms with Crippen molar-refractivity contribution in [3.05, 3.63) is 29.8 Å². The van der Waals surface area contributed by atoms with Crippen LogP contribution in [0.5, 0.6) is 5.75 Å². The van der Waals surface area contributed by atoms with Gasteiger partial charge in [-0.05, 0) is 48.0 Å². The van der Waals surface area contributed by atoms with E-state index in [0.717, 1.165) is 12.2 Å². The van der Waals surface area contributed by atoms with E-state index in [0.29, 0.717) is 12.0 Å². The molecule has 0 spiro atoms. The summed E-state index contributed by atoms with van der Waals surface area (Å²) in [6.07, 6.45) is 2.23. The maximum absolute atomic E-state index is 6.25. The predicted octanol–water partition coefficient (Wildman–Crippen LogP) is 2.32. The molecule has 0 radical (unpaired) electrons. The molecule has 2 unspecified atom stereocenters. The molecule has 88 valence electrons. The summed E-state index contributed by atoms with van der Waals surface area (Å²) in [5.74, 6) is 4.11. The van der Waals surface area contributed by atoms with E-state index < -0.39 is 0 Å². The van der Waals surface area contributed by atoms with E-state index in [1.165, 1.54) is 23.5 Å². The molecule has 16 heavy (non-hydrogen) atoms. The van der Waals surface area contributed by atoms with Gasteiger partial charge in [0, 0.05) is 6.04 Å². The summed E-state index contributed by atoms with van der Waals surface area (Å²) >= 11 is 2.02. The summed E-state index contributed by atoms with van der Waals surface area (Å²) in [6.45, 7) is 0. The summed E-state index contributed by atoms with van der Waals surface area (Å²) in [6, 6.07) is 8.51. The van der Waals surface area contributed by atoms with Gasteiger partial charge in [-0.2, -0.15) is 11.8 Å². The monoisotopic (exact) mass is 237 g/mol. The number of hydrogen-bond donors (Lipinski definition) is 1. The molecule has 1 aromatic carbocycles. The van der Waals surface area contributed by atoms with Crippen molar-refractivity contribution in [1.29, 1.82) is 0 Å². The molecular formula is C13H19NOS. The highest BCUT2D eigenvalue weighted by atomic mass is 32.2. The molecule has 1 aliphatic heterocycles. The Morgan fingerprint density at radius 2 is 2.44 bits per heavy atom. The van der Waals surface area contributed by atoms with Crippen molar-refractivity contribution in [3.8, 4) is 5.75 Å². The summed E-state index contributed by atoms with van der Waals surface area (Å²) in [5.41, 5.74) is 7.53. The Kier molecular flexibility index (Phi) is 4.13. The highest BCUT2D eigenvalue weighted by Gasteiger charge is 2.22. The zero-order valence-electron chi connectivity index (χ0n) is 9.69. The highest BCUT2D eigenvalue weighted by Crippen LogP contribution is 2.27. The van der Waals surface area contributed by atoms with Crippen molar-refractivity contribution in [1.82, 2.24) is 0 Å². The second-order valence-corrected chi connectivity index (χ2v) is 5.49. The molecule has 2 N–H and O–H groups in total. The molecule has 2 nitrogen and oxygen atoms in total. The van der Waals surface area contributed by atoms with Gasteiger partial charge < -0.3 is 10.5 Å². The smallest absolute Gasteiger partial charge is 0.119 e. The van der Waals surface area contributed by atoms with Crippen LogP contribution in [0.3, 0.4) is 0 Å². The molecule has 1 fully saturated rings. The molecule has 0 aliphatic carbocycles. The number of hydrogen-bond acceptors (Lipinski definition) is 3. The van der Waals surface area contributed by atoms with Crippen LogP contribution in [0.4, 0.5) is 0 Å². The third-order valence-corrected chi connectivity index (χ3v) is 4.36. The molecule has 0 aromatic heterocycles. The molecule has 2 rings (SSSR count). The van der Waals surface area contributed by atoms with Gasteiger partial charge in [0.05, 0.1) is 7.11 Å². The van der Waals surface area contributed by atoms with E-state index in [4.69, 9.17) is 10.5 Å². The van der Waals surface area contributed by atoms with Crippen LogP contribution in [0.25, 0.3) is 0 Å². The van der Waals surface area contributed by atoms with Gasteiger partial charge in [-0.25, -0.2) is 0 Å². The topological polar surface area (TPSA) is 35.2 Å². The fourth-order valence-corrected chi connectivity index (χ4v) is 3.48. The Morgan fingerprint density at radius 1 is 1.56 bits per heavy atom. The first-order valence-corrected chi connectivity index (χ1v) is 6.91. The van der Waals surface area contributed by atoms with Gasteiger partial charge in [-0.3, -0.25) is 0 Å². The van der Waals surface area contributed by atoms with Gasteiger partial charge in [0.1, 0.15) is 5.75 Å². The van der Waals surface area contributed by atoms with Crippen molar-refractivity contribution in [2.45, 2.75) is 18.9 Å². The van der Waals surface area contributed by atoms with Gasteiger partial charge in [0.2, 0.25) is 0 Å². The summed E-state index contributed by atoms with van der Waals surface area (Å²) in [5, 5.41) is 0. The van der Waals surface area contributed by atoms with Crippen molar-refractivity contribution < 1.29 is 4.74 Å². The largest absolute Gasteiger partial charge is 0.497 e. The zero-order valence-corrected chi connectivity index (χ0v) is 10.5. The van der Waals surface area contributed by atoms with Crippen LogP contribution in [-0.4, -0.2) is 24.7 Å². The SMILES string of the molecule is COc1cccc(CC(N)C2CCSC2)c1. The van der Waals surface area contributed by atoms with Gasteiger partial charge in [-0.1, -0.05) is 12.1 Å². The minimum Gasteiger partial charge on any atom is -0.497 e. The lowest BCUT2D eigenvalue weighted by atomic mass is 9.94. The Labute approximate surface area is 102 Å². The van der Waals surface area contributed by atoms with Gasteiger partial charge in [-0.15, -0.1) is 0 Å². The quantitative estimate of drug-likeness (QED) is 0.873. The minimum atomic E-state index is 0.294. The molecule has 2 atom stereocenters. The summed E-state index contributed by atoms with van der Waals surface area (Å²) in [4.78, 5) is 0. The standard InChI is InChI=1S/C13H19NOS/c1-15-12-4-2-3-10(7-12)8-13(14)11-5-6-16-9-11/h2-4,7,11,13H,5-6,8-9,14H2,1H3. The molecule has 0 amide bonds. The van der Waals surface area contributed by atoms with E-state index in [9.17, 15) is 0 Å². The van der Waals surface area contributed by atoms with E-state index in [2.05, 4.69) is 12.1 Å². The molecule has 1 saturated heterocycles. The van der Waals surface area contributed by atoms with Crippen molar-refractivity contribution >= 4 is 11.8 Å². The first-order chi connectivity index (χ1) is 7.79. The van der Waals surface area contributed by atoms with Crippen LogP contribution in [0.2, 0.25) is 0 Å². The zero-order chi connectivity index (χ0) is 11.4. The first kappa shape index (κ1) is 11.8. The molecule has 0 saturated carbocycles. The minimum absolute atomic E-state index is 0.294. The fraction of sp³-hybridized carbons (Fsp3) is 0.538. The molecule has 1 aromatic rings. The average Bonchev–Trinajstić information content (AvgIpc) is 2.83. The van der Waals surface area contributed by atoms with Crippen LogP contribution in [0.1, 0.15) is 12.0 Å². The number of methoxy groups -OCH3 is 1. The number of ether oxygens (including phenoxy) is 1. The summed E-state index contributed by atoms with van der Waals surface area (Å²) in [7, 11) is 1.70. The van der Waals surface area contributed by atoms with Crippen molar-refractivity contribution in [2.24, 2.45) is 11.7 Å². The second kappa shape index (κ2) is 5.60. The van der Waals surface area contributed by atoms with Crippen LogP contribution < -0.4 is 10.5 Å². The lowest BCUT2D eigenvalue weighted by molar-refractivity contribution is 0.413. The molecule has 1 heterocycles. The molecule has 0 bridgehead atoms. The van der Waals surface area contributed by atoms with Crippen molar-refractivity contribution in [2.75, 3.05) is 18.6 Å². The average molecular weight is 237 g/mol. The third-order valence-electron chi connectivity index (χ3n) is 3.18. The normalized spacial score (nSPS) is 22.0. The first-order valence-electron chi connectivity index (χ1n) is 5.76. The number of benzene rings is 1.